The first-order valence-electron chi connectivity index (χ1n) is 8.24. The van der Waals surface area contributed by atoms with Crippen LogP contribution in [0.4, 0.5) is 0 Å². The zero-order valence-electron chi connectivity index (χ0n) is 13.5. The molecule has 2 aliphatic rings. The summed E-state index contributed by atoms with van der Waals surface area (Å²) in [4.78, 5) is 24.9. The van der Waals surface area contributed by atoms with Crippen LogP contribution in [-0.4, -0.2) is 10.5 Å². The number of nitrogens with zero attached hydrogens (tertiary/aromatic N) is 1. The van der Waals surface area contributed by atoms with Gasteiger partial charge in [-0.2, -0.15) is 0 Å². The number of aryl methyl sites for hydroxylation is 2. The van der Waals surface area contributed by atoms with Gasteiger partial charge < -0.3 is 4.57 Å². The van der Waals surface area contributed by atoms with Crippen molar-refractivity contribution in [1.29, 1.82) is 0 Å². The van der Waals surface area contributed by atoms with Crippen LogP contribution in [0.1, 0.15) is 64.7 Å². The molecule has 23 heavy (non-hydrogen) atoms. The molecule has 120 valence electrons. The second kappa shape index (κ2) is 4.93. The van der Waals surface area contributed by atoms with E-state index in [4.69, 9.17) is 5.84 Å². The van der Waals surface area contributed by atoms with Crippen molar-refractivity contribution in [2.75, 3.05) is 0 Å². The Kier molecular flexibility index (Phi) is 3.10. The Balaban J connectivity index is 2.14. The van der Waals surface area contributed by atoms with Crippen LogP contribution in [0.25, 0.3) is 10.9 Å². The lowest BCUT2D eigenvalue weighted by Gasteiger charge is -2.28. The highest BCUT2D eigenvalue weighted by Gasteiger charge is 2.38. The predicted molar refractivity (Wildman–Crippen MR) is 89.6 cm³/mol. The van der Waals surface area contributed by atoms with Crippen molar-refractivity contribution >= 4 is 16.8 Å². The van der Waals surface area contributed by atoms with E-state index >= 15 is 0 Å². The Morgan fingerprint density at radius 2 is 2.00 bits per heavy atom. The fourth-order valence-corrected chi connectivity index (χ4v) is 4.68. The molecule has 4 rings (SSSR count). The number of nitrogen functional groups attached to an aromatic ring is 1. The van der Waals surface area contributed by atoms with Crippen LogP contribution in [0.5, 0.6) is 0 Å². The highest BCUT2D eigenvalue weighted by atomic mass is 16.2. The average Bonchev–Trinajstić information content (AvgIpc) is 2.87. The summed E-state index contributed by atoms with van der Waals surface area (Å²) in [6, 6.07) is 2.44. The highest BCUT2D eigenvalue weighted by Crippen LogP contribution is 2.50. The van der Waals surface area contributed by atoms with Gasteiger partial charge in [0, 0.05) is 23.5 Å². The lowest BCUT2D eigenvalue weighted by Crippen LogP contribution is -2.34. The van der Waals surface area contributed by atoms with E-state index in [0.717, 1.165) is 23.9 Å². The summed E-state index contributed by atoms with van der Waals surface area (Å²) in [5.41, 5.74) is 6.58. The van der Waals surface area contributed by atoms with Crippen LogP contribution >= 0.6 is 0 Å². The number of aromatic nitrogens is 1. The van der Waals surface area contributed by atoms with Gasteiger partial charge in [-0.15, -0.1) is 0 Å². The molecule has 0 saturated heterocycles. The molecule has 1 aliphatic heterocycles. The van der Waals surface area contributed by atoms with Crippen molar-refractivity contribution in [3.05, 3.63) is 44.7 Å². The molecule has 5 nitrogen and oxygen atoms in total. The number of nitrogens with two attached hydrogens (primary N) is 1. The smallest absolute Gasteiger partial charge is 0.270 e. The van der Waals surface area contributed by atoms with Gasteiger partial charge in [0.2, 0.25) is 5.43 Å². The standard InChI is InChI=1S/C18H21N3O2/c1-9-7-10(2)15-16-14(9)11-5-3-4-6-13(11)21(16)8-12(17(15)22)18(23)20-19/h7-8,11,13H,3-6,19H2,1-2H3,(H,20,23). The zero-order valence-corrected chi connectivity index (χ0v) is 13.5. The predicted octanol–water partition coefficient (Wildman–Crippen LogP) is 2.43. The molecule has 2 atom stereocenters. The molecule has 1 amide bonds. The third-order valence-electron chi connectivity index (χ3n) is 5.58. The van der Waals surface area contributed by atoms with Gasteiger partial charge in [-0.05, 0) is 43.4 Å². The molecule has 0 spiro atoms. The first-order valence-corrected chi connectivity index (χ1v) is 8.24. The molecule has 2 heterocycles. The fraction of sp³-hybridized carbons (Fsp3) is 0.444. The summed E-state index contributed by atoms with van der Waals surface area (Å²) in [5, 5.41) is 0.682. The maximum Gasteiger partial charge on any atom is 0.270 e. The van der Waals surface area contributed by atoms with E-state index in [-0.39, 0.29) is 11.0 Å². The largest absolute Gasteiger partial charge is 0.343 e. The molecule has 2 unspecified atom stereocenters. The number of hydrazine groups is 1. The van der Waals surface area contributed by atoms with Crippen molar-refractivity contribution < 1.29 is 4.79 Å². The summed E-state index contributed by atoms with van der Waals surface area (Å²) in [5.74, 6) is 5.22. The molecule has 1 aromatic heterocycles. The minimum absolute atomic E-state index is 0.143. The van der Waals surface area contributed by atoms with Gasteiger partial charge in [0.25, 0.3) is 5.91 Å². The van der Waals surface area contributed by atoms with E-state index in [1.807, 2.05) is 6.92 Å². The van der Waals surface area contributed by atoms with E-state index in [0.29, 0.717) is 17.3 Å². The second-order valence-electron chi connectivity index (χ2n) is 6.86. The molecular formula is C18H21N3O2. The number of pyridine rings is 1. The first-order chi connectivity index (χ1) is 11.0. The Bertz CT molecular complexity index is 898. The van der Waals surface area contributed by atoms with Gasteiger partial charge in [0.1, 0.15) is 5.56 Å². The van der Waals surface area contributed by atoms with Crippen molar-refractivity contribution in [2.24, 2.45) is 5.84 Å². The number of carbonyl (C=O) groups excluding carboxylic acids is 1. The number of amides is 1. The lowest BCUT2D eigenvalue weighted by atomic mass is 9.80. The van der Waals surface area contributed by atoms with Crippen LogP contribution in [0.3, 0.4) is 0 Å². The second-order valence-corrected chi connectivity index (χ2v) is 6.86. The molecule has 1 aliphatic carbocycles. The van der Waals surface area contributed by atoms with Gasteiger partial charge in [-0.25, -0.2) is 5.84 Å². The van der Waals surface area contributed by atoms with Gasteiger partial charge >= 0.3 is 0 Å². The summed E-state index contributed by atoms with van der Waals surface area (Å²) in [6.45, 7) is 4.08. The van der Waals surface area contributed by atoms with Gasteiger partial charge in [-0.1, -0.05) is 18.9 Å². The third kappa shape index (κ3) is 1.83. The Morgan fingerprint density at radius 3 is 2.74 bits per heavy atom. The van der Waals surface area contributed by atoms with Crippen molar-refractivity contribution in [2.45, 2.75) is 51.5 Å². The van der Waals surface area contributed by atoms with E-state index < -0.39 is 5.91 Å². The molecule has 2 aromatic rings. The van der Waals surface area contributed by atoms with Gasteiger partial charge in [-0.3, -0.25) is 15.0 Å². The lowest BCUT2D eigenvalue weighted by molar-refractivity contribution is 0.0952. The monoisotopic (exact) mass is 311 g/mol. The van der Waals surface area contributed by atoms with Crippen LogP contribution in [-0.2, 0) is 0 Å². The molecule has 0 bridgehead atoms. The number of carbonyl (C=O) groups is 1. The average molecular weight is 311 g/mol. The Labute approximate surface area is 134 Å². The maximum atomic E-state index is 12.9. The molecule has 0 radical (unpaired) electrons. The van der Waals surface area contributed by atoms with Crippen LogP contribution in [0, 0.1) is 13.8 Å². The number of hydrogen-bond donors (Lipinski definition) is 2. The summed E-state index contributed by atoms with van der Waals surface area (Å²) < 4.78 is 2.18. The normalized spacial score (nSPS) is 22.2. The minimum atomic E-state index is -0.513. The SMILES string of the molecule is Cc1cc(C)c2c(=O)c(C(=O)NN)cn3c2c1C1CCCCC13. The first kappa shape index (κ1) is 14.5. The third-order valence-corrected chi connectivity index (χ3v) is 5.58. The minimum Gasteiger partial charge on any atom is -0.343 e. The summed E-state index contributed by atoms with van der Waals surface area (Å²) in [6.07, 6.45) is 6.40. The van der Waals surface area contributed by atoms with Crippen molar-refractivity contribution in [3.8, 4) is 0 Å². The molecule has 1 fully saturated rings. The van der Waals surface area contributed by atoms with E-state index in [1.165, 1.54) is 24.0 Å². The zero-order chi connectivity index (χ0) is 16.3. The van der Waals surface area contributed by atoms with Crippen LogP contribution < -0.4 is 16.7 Å². The molecule has 1 aromatic carbocycles. The molecule has 1 saturated carbocycles. The highest BCUT2D eigenvalue weighted by molar-refractivity contribution is 5.99. The van der Waals surface area contributed by atoms with E-state index in [9.17, 15) is 9.59 Å². The van der Waals surface area contributed by atoms with Gasteiger partial charge in [0.15, 0.2) is 0 Å². The topological polar surface area (TPSA) is 77.1 Å². The Hall–Kier alpha value is -2.14. The number of benzene rings is 1. The number of rotatable bonds is 1. The quantitative estimate of drug-likeness (QED) is 0.482. The number of hydrogen-bond acceptors (Lipinski definition) is 3. The fourth-order valence-electron chi connectivity index (χ4n) is 4.68. The molecule has 3 N–H and O–H groups in total. The number of nitrogens with one attached hydrogen (secondary N) is 1. The summed E-state index contributed by atoms with van der Waals surface area (Å²) >= 11 is 0. The van der Waals surface area contributed by atoms with Crippen LogP contribution in [0.2, 0.25) is 0 Å². The van der Waals surface area contributed by atoms with Crippen LogP contribution in [0.15, 0.2) is 17.1 Å². The van der Waals surface area contributed by atoms with E-state index in [1.54, 1.807) is 6.20 Å². The van der Waals surface area contributed by atoms with Crippen molar-refractivity contribution in [3.63, 3.8) is 0 Å². The molecule has 5 heteroatoms. The van der Waals surface area contributed by atoms with E-state index in [2.05, 4.69) is 23.0 Å². The maximum absolute atomic E-state index is 12.9. The summed E-state index contributed by atoms with van der Waals surface area (Å²) in [7, 11) is 0. The van der Waals surface area contributed by atoms with Crippen molar-refractivity contribution in [1.82, 2.24) is 9.99 Å². The number of fused-ring (bicyclic) bond motifs is 3. The van der Waals surface area contributed by atoms with Gasteiger partial charge in [0.05, 0.1) is 5.52 Å². The Morgan fingerprint density at radius 1 is 1.26 bits per heavy atom. The molecular weight excluding hydrogens is 290 g/mol.